The first kappa shape index (κ1) is 18.4. The third-order valence-corrected chi connectivity index (χ3v) is 4.83. The number of hydrogen-bond acceptors (Lipinski definition) is 6. The van der Waals surface area contributed by atoms with E-state index in [2.05, 4.69) is 4.98 Å². The Bertz CT molecular complexity index is 1160. The number of nitrogens with two attached hydrogens (primary N) is 1. The third kappa shape index (κ3) is 3.46. The number of phenols is 1. The Kier molecular flexibility index (Phi) is 4.80. The van der Waals surface area contributed by atoms with Crippen LogP contribution >= 0.6 is 0 Å². The number of nitrogens with zero attached hydrogens (tertiary/aromatic N) is 3. The second kappa shape index (κ2) is 7.57. The maximum atomic E-state index is 11.0. The smallest absolute Gasteiger partial charge is 0.269 e. The van der Waals surface area contributed by atoms with Crippen LogP contribution in [0.2, 0.25) is 0 Å². The van der Waals surface area contributed by atoms with E-state index in [1.807, 2.05) is 54.6 Å². The molecule has 144 valence electrons. The molecule has 0 aliphatic carbocycles. The van der Waals surface area contributed by atoms with Gasteiger partial charge in [0.2, 0.25) is 0 Å². The molecule has 3 N–H and O–H groups in total. The van der Waals surface area contributed by atoms with Crippen molar-refractivity contribution in [2.75, 3.05) is 5.01 Å². The average molecular weight is 386 g/mol. The number of anilines is 1. The topological polar surface area (TPSA) is 106 Å². The average Bonchev–Trinajstić information content (AvgIpc) is 2.76. The normalized spacial score (nSPS) is 11.9. The Morgan fingerprint density at radius 3 is 2.38 bits per heavy atom. The van der Waals surface area contributed by atoms with Crippen molar-refractivity contribution in [3.8, 4) is 5.75 Å². The van der Waals surface area contributed by atoms with Crippen LogP contribution in [-0.4, -0.2) is 15.0 Å². The number of rotatable bonds is 5. The molecule has 7 heteroatoms. The molecule has 3 aromatic carbocycles. The molecule has 1 heterocycles. The second-order valence-corrected chi connectivity index (χ2v) is 6.57. The van der Waals surface area contributed by atoms with Gasteiger partial charge in [-0.25, -0.2) is 5.84 Å². The van der Waals surface area contributed by atoms with Gasteiger partial charge < -0.3 is 5.11 Å². The van der Waals surface area contributed by atoms with Crippen LogP contribution in [0.25, 0.3) is 10.9 Å². The second-order valence-electron chi connectivity index (χ2n) is 6.57. The molecule has 1 atom stereocenters. The van der Waals surface area contributed by atoms with Gasteiger partial charge in [-0.15, -0.1) is 0 Å². The number of hydrazine groups is 1. The number of aromatic nitrogens is 1. The summed E-state index contributed by atoms with van der Waals surface area (Å²) in [5, 5.41) is 24.2. The first-order valence-electron chi connectivity index (χ1n) is 8.96. The highest BCUT2D eigenvalue weighted by molar-refractivity contribution is 5.86. The minimum atomic E-state index is -0.524. The van der Waals surface area contributed by atoms with E-state index in [0.29, 0.717) is 16.8 Å². The molecule has 0 bridgehead atoms. The van der Waals surface area contributed by atoms with E-state index < -0.39 is 11.0 Å². The zero-order chi connectivity index (χ0) is 20.4. The van der Waals surface area contributed by atoms with Crippen molar-refractivity contribution >= 4 is 22.3 Å². The Morgan fingerprint density at radius 1 is 0.966 bits per heavy atom. The van der Waals surface area contributed by atoms with Gasteiger partial charge in [0, 0.05) is 29.3 Å². The number of benzene rings is 3. The van der Waals surface area contributed by atoms with Crippen molar-refractivity contribution in [1.29, 1.82) is 0 Å². The molecule has 0 aliphatic heterocycles. The first-order chi connectivity index (χ1) is 14.1. The Labute approximate surface area is 166 Å². The Balaban J connectivity index is 1.85. The SMILES string of the molecule is NN(c1ccc([N+](=O)[O-])cc1)C(c1ccccc1)c1ccc2cccnc2c1O. The summed E-state index contributed by atoms with van der Waals surface area (Å²) in [4.78, 5) is 14.8. The number of fused-ring (bicyclic) bond motifs is 1. The molecule has 0 spiro atoms. The van der Waals surface area contributed by atoms with Crippen LogP contribution in [0.1, 0.15) is 17.2 Å². The zero-order valence-electron chi connectivity index (χ0n) is 15.3. The number of nitro benzene ring substituents is 1. The summed E-state index contributed by atoms with van der Waals surface area (Å²) in [6.07, 6.45) is 1.62. The number of nitro groups is 1. The zero-order valence-corrected chi connectivity index (χ0v) is 15.3. The van der Waals surface area contributed by atoms with Gasteiger partial charge in [0.15, 0.2) is 0 Å². The van der Waals surface area contributed by atoms with Gasteiger partial charge in [0.25, 0.3) is 5.69 Å². The van der Waals surface area contributed by atoms with Gasteiger partial charge in [0.05, 0.1) is 16.7 Å². The highest BCUT2D eigenvalue weighted by Crippen LogP contribution is 2.38. The van der Waals surface area contributed by atoms with Crippen LogP contribution < -0.4 is 10.9 Å². The van der Waals surface area contributed by atoms with Gasteiger partial charge >= 0.3 is 0 Å². The summed E-state index contributed by atoms with van der Waals surface area (Å²) in [6, 6.07) is 22.4. The van der Waals surface area contributed by atoms with E-state index in [9.17, 15) is 15.2 Å². The molecule has 4 rings (SSSR count). The highest BCUT2D eigenvalue weighted by Gasteiger charge is 2.25. The van der Waals surface area contributed by atoms with Gasteiger partial charge in [-0.05, 0) is 23.8 Å². The minimum absolute atomic E-state index is 0.0174. The van der Waals surface area contributed by atoms with Crippen LogP contribution in [0.4, 0.5) is 11.4 Å². The molecule has 7 nitrogen and oxygen atoms in total. The van der Waals surface area contributed by atoms with Crippen LogP contribution in [0.15, 0.2) is 85.1 Å². The summed E-state index contributed by atoms with van der Waals surface area (Å²) in [6.45, 7) is 0. The summed E-state index contributed by atoms with van der Waals surface area (Å²) < 4.78 is 0. The number of non-ortho nitro benzene ring substituents is 1. The summed E-state index contributed by atoms with van der Waals surface area (Å²) in [7, 11) is 0. The van der Waals surface area contributed by atoms with Gasteiger partial charge in [-0.3, -0.25) is 20.1 Å². The third-order valence-electron chi connectivity index (χ3n) is 4.83. The molecule has 1 aromatic heterocycles. The van der Waals surface area contributed by atoms with Crippen LogP contribution in [0.5, 0.6) is 5.75 Å². The van der Waals surface area contributed by atoms with Gasteiger partial charge in [-0.1, -0.05) is 48.5 Å². The van der Waals surface area contributed by atoms with E-state index in [4.69, 9.17) is 5.84 Å². The predicted molar refractivity (Wildman–Crippen MR) is 111 cm³/mol. The lowest BCUT2D eigenvalue weighted by atomic mass is 9.95. The molecule has 0 radical (unpaired) electrons. The molecular weight excluding hydrogens is 368 g/mol. The van der Waals surface area contributed by atoms with Crippen LogP contribution in [0, 0.1) is 10.1 Å². The minimum Gasteiger partial charge on any atom is -0.505 e. The van der Waals surface area contributed by atoms with E-state index in [0.717, 1.165) is 10.9 Å². The van der Waals surface area contributed by atoms with Gasteiger partial charge in [0.1, 0.15) is 11.3 Å². The summed E-state index contributed by atoms with van der Waals surface area (Å²) in [5.74, 6) is 6.52. The van der Waals surface area contributed by atoms with Crippen LogP contribution in [-0.2, 0) is 0 Å². The quantitative estimate of drug-likeness (QED) is 0.301. The van der Waals surface area contributed by atoms with Crippen LogP contribution in [0.3, 0.4) is 0 Å². The molecule has 0 saturated carbocycles. The van der Waals surface area contributed by atoms with Crippen molar-refractivity contribution in [1.82, 2.24) is 4.98 Å². The standard InChI is InChI=1S/C22H18N4O3/c23-25(17-9-11-18(12-10-17)26(28)29)21(16-5-2-1-3-6-16)19-13-8-15-7-4-14-24-20(15)22(19)27/h1-14,21,27H,23H2. The maximum Gasteiger partial charge on any atom is 0.269 e. The number of aromatic hydroxyl groups is 1. The highest BCUT2D eigenvalue weighted by atomic mass is 16.6. The Hall–Kier alpha value is -3.97. The fraction of sp³-hybridized carbons (Fsp3) is 0.0455. The molecule has 0 fully saturated rings. The molecule has 1 unspecified atom stereocenters. The first-order valence-corrected chi connectivity index (χ1v) is 8.96. The maximum absolute atomic E-state index is 11.0. The lowest BCUT2D eigenvalue weighted by molar-refractivity contribution is -0.384. The van der Waals surface area contributed by atoms with Crippen molar-refractivity contribution in [3.05, 3.63) is 106 Å². The lowest BCUT2D eigenvalue weighted by Crippen LogP contribution is -2.36. The fourth-order valence-corrected chi connectivity index (χ4v) is 3.39. The molecule has 0 aliphatic rings. The van der Waals surface area contributed by atoms with Crippen molar-refractivity contribution in [3.63, 3.8) is 0 Å². The van der Waals surface area contributed by atoms with E-state index in [1.165, 1.54) is 17.1 Å². The summed E-state index contributed by atoms with van der Waals surface area (Å²) in [5.41, 5.74) is 2.49. The number of hydrogen-bond donors (Lipinski definition) is 2. The van der Waals surface area contributed by atoms with Gasteiger partial charge in [-0.2, -0.15) is 0 Å². The van der Waals surface area contributed by atoms with E-state index >= 15 is 0 Å². The molecule has 4 aromatic rings. The molecular formula is C22H18N4O3. The molecule has 29 heavy (non-hydrogen) atoms. The fourth-order valence-electron chi connectivity index (χ4n) is 3.39. The molecule has 0 saturated heterocycles. The van der Waals surface area contributed by atoms with Crippen molar-refractivity contribution in [2.45, 2.75) is 6.04 Å². The van der Waals surface area contributed by atoms with E-state index in [1.54, 1.807) is 18.3 Å². The van der Waals surface area contributed by atoms with Crippen molar-refractivity contribution < 1.29 is 10.0 Å². The summed E-state index contributed by atoms with van der Waals surface area (Å²) >= 11 is 0. The number of phenolic OH excluding ortho intramolecular Hbond substituents is 1. The number of pyridine rings is 1. The lowest BCUT2D eigenvalue weighted by Gasteiger charge is -2.30. The predicted octanol–water partition coefficient (Wildman–Crippen LogP) is 4.32. The van der Waals surface area contributed by atoms with Crippen molar-refractivity contribution in [2.24, 2.45) is 5.84 Å². The van der Waals surface area contributed by atoms with E-state index in [-0.39, 0.29) is 11.4 Å². The Morgan fingerprint density at radius 2 is 1.69 bits per heavy atom. The molecule has 0 amide bonds. The monoisotopic (exact) mass is 386 g/mol. The largest absolute Gasteiger partial charge is 0.505 e.